The van der Waals surface area contributed by atoms with Gasteiger partial charge in [0.2, 0.25) is 0 Å². The molecule has 3 aromatic rings. The van der Waals surface area contributed by atoms with Crippen LogP contribution < -0.4 is 9.47 Å². The van der Waals surface area contributed by atoms with Crippen molar-refractivity contribution in [2.45, 2.75) is 6.54 Å². The van der Waals surface area contributed by atoms with Crippen LogP contribution >= 0.6 is 11.3 Å². The Labute approximate surface area is 164 Å². The molecule has 0 bridgehead atoms. The van der Waals surface area contributed by atoms with Gasteiger partial charge in [0, 0.05) is 32.7 Å². The Morgan fingerprint density at radius 3 is 2.37 bits per heavy atom. The number of piperazine rings is 1. The topological polar surface area (TPSA) is 37.8 Å². The lowest BCUT2D eigenvalue weighted by Crippen LogP contribution is -2.47. The smallest absolute Gasteiger partial charge is 0.119 e. The van der Waals surface area contributed by atoms with Gasteiger partial charge in [0.15, 0.2) is 0 Å². The largest absolute Gasteiger partial charge is 0.497 e. The zero-order chi connectivity index (χ0) is 18.5. The summed E-state index contributed by atoms with van der Waals surface area (Å²) in [6.45, 7) is 6.95. The van der Waals surface area contributed by atoms with E-state index < -0.39 is 0 Å². The van der Waals surface area contributed by atoms with Crippen molar-refractivity contribution in [3.05, 3.63) is 53.5 Å². The van der Waals surface area contributed by atoms with Crippen molar-refractivity contribution in [2.24, 2.45) is 0 Å². The van der Waals surface area contributed by atoms with Gasteiger partial charge in [0.1, 0.15) is 23.1 Å². The van der Waals surface area contributed by atoms with Crippen LogP contribution in [0.4, 0.5) is 0 Å². The van der Waals surface area contributed by atoms with E-state index in [1.807, 2.05) is 35.6 Å². The van der Waals surface area contributed by atoms with Gasteiger partial charge < -0.3 is 9.47 Å². The summed E-state index contributed by atoms with van der Waals surface area (Å²) in [4.78, 5) is 9.72. The van der Waals surface area contributed by atoms with Gasteiger partial charge in [0.05, 0.1) is 23.9 Å². The molecule has 0 spiro atoms. The number of aromatic nitrogens is 1. The van der Waals surface area contributed by atoms with Gasteiger partial charge in [-0.25, -0.2) is 4.98 Å². The predicted octanol–water partition coefficient (Wildman–Crippen LogP) is 3.50. The fourth-order valence-corrected chi connectivity index (χ4v) is 4.32. The Morgan fingerprint density at radius 2 is 1.63 bits per heavy atom. The molecule has 142 valence electrons. The van der Waals surface area contributed by atoms with E-state index in [-0.39, 0.29) is 0 Å². The number of hydrogen-bond donors (Lipinski definition) is 0. The first kappa shape index (κ1) is 18.2. The second-order valence-corrected chi connectivity index (χ2v) is 7.83. The van der Waals surface area contributed by atoms with Gasteiger partial charge in [-0.1, -0.05) is 12.1 Å². The molecule has 1 aromatic heterocycles. The maximum absolute atomic E-state index is 5.85. The molecular formula is C21H25N3O2S. The van der Waals surface area contributed by atoms with Crippen LogP contribution in [0.25, 0.3) is 10.2 Å². The van der Waals surface area contributed by atoms with Crippen molar-refractivity contribution in [3.63, 3.8) is 0 Å². The van der Waals surface area contributed by atoms with Gasteiger partial charge in [-0.2, -0.15) is 0 Å². The molecule has 0 N–H and O–H groups in total. The zero-order valence-electron chi connectivity index (χ0n) is 15.6. The van der Waals surface area contributed by atoms with E-state index in [0.29, 0.717) is 6.61 Å². The second kappa shape index (κ2) is 8.69. The van der Waals surface area contributed by atoms with Crippen LogP contribution in [0.2, 0.25) is 0 Å². The molecule has 0 unspecified atom stereocenters. The molecule has 0 amide bonds. The minimum atomic E-state index is 0.712. The zero-order valence-corrected chi connectivity index (χ0v) is 16.5. The molecule has 2 aromatic carbocycles. The van der Waals surface area contributed by atoms with Crippen LogP contribution in [-0.2, 0) is 6.54 Å². The van der Waals surface area contributed by atoms with E-state index in [1.165, 1.54) is 9.71 Å². The number of para-hydroxylation sites is 1. The summed E-state index contributed by atoms with van der Waals surface area (Å²) in [6.07, 6.45) is 0. The van der Waals surface area contributed by atoms with Gasteiger partial charge in [-0.3, -0.25) is 9.80 Å². The molecule has 27 heavy (non-hydrogen) atoms. The molecule has 0 aliphatic carbocycles. The molecule has 4 rings (SSSR count). The molecule has 1 saturated heterocycles. The first-order valence-electron chi connectivity index (χ1n) is 9.36. The number of hydrogen-bond acceptors (Lipinski definition) is 6. The molecular weight excluding hydrogens is 358 g/mol. The van der Waals surface area contributed by atoms with E-state index in [4.69, 9.17) is 14.5 Å². The average Bonchev–Trinajstić information content (AvgIpc) is 3.12. The molecule has 2 heterocycles. The van der Waals surface area contributed by atoms with Crippen molar-refractivity contribution in [2.75, 3.05) is 46.4 Å². The summed E-state index contributed by atoms with van der Waals surface area (Å²) in [5.74, 6) is 1.75. The van der Waals surface area contributed by atoms with Crippen molar-refractivity contribution in [3.8, 4) is 11.5 Å². The highest BCUT2D eigenvalue weighted by molar-refractivity contribution is 7.18. The number of methoxy groups -OCH3 is 1. The number of ether oxygens (including phenoxy) is 2. The SMILES string of the molecule is COc1ccc(OCCN2CCN(Cc3nc4ccccc4s3)CC2)cc1. The molecule has 1 aliphatic heterocycles. The molecule has 1 fully saturated rings. The highest BCUT2D eigenvalue weighted by atomic mass is 32.1. The summed E-state index contributed by atoms with van der Waals surface area (Å²) in [7, 11) is 1.67. The highest BCUT2D eigenvalue weighted by Gasteiger charge is 2.18. The van der Waals surface area contributed by atoms with Crippen molar-refractivity contribution >= 4 is 21.6 Å². The normalized spacial score (nSPS) is 15.9. The minimum absolute atomic E-state index is 0.712. The quantitative estimate of drug-likeness (QED) is 0.624. The molecule has 0 saturated carbocycles. The molecule has 1 aliphatic rings. The first-order valence-corrected chi connectivity index (χ1v) is 10.2. The van der Waals surface area contributed by atoms with Crippen LogP contribution in [0.3, 0.4) is 0 Å². The first-order chi connectivity index (χ1) is 13.3. The number of rotatable bonds is 7. The molecule has 0 radical (unpaired) electrons. The number of fused-ring (bicyclic) bond motifs is 1. The number of benzene rings is 2. The maximum atomic E-state index is 5.85. The molecule has 0 atom stereocenters. The molecule has 5 nitrogen and oxygen atoms in total. The number of thiazole rings is 1. The summed E-state index contributed by atoms with van der Waals surface area (Å²) < 4.78 is 12.3. The van der Waals surface area contributed by atoms with E-state index in [1.54, 1.807) is 7.11 Å². The van der Waals surface area contributed by atoms with E-state index in [9.17, 15) is 0 Å². The lowest BCUT2D eigenvalue weighted by Gasteiger charge is -2.34. The fraction of sp³-hybridized carbons (Fsp3) is 0.381. The summed E-state index contributed by atoms with van der Waals surface area (Å²) in [6, 6.07) is 16.1. The Bertz CT molecular complexity index is 824. The Balaban J connectivity index is 1.19. The van der Waals surface area contributed by atoms with E-state index >= 15 is 0 Å². The Hall–Kier alpha value is -2.15. The monoisotopic (exact) mass is 383 g/mol. The van der Waals surface area contributed by atoms with Gasteiger partial charge >= 0.3 is 0 Å². The van der Waals surface area contributed by atoms with Gasteiger partial charge in [-0.15, -0.1) is 11.3 Å². The Morgan fingerprint density at radius 1 is 0.926 bits per heavy atom. The lowest BCUT2D eigenvalue weighted by molar-refractivity contribution is 0.112. The minimum Gasteiger partial charge on any atom is -0.497 e. The van der Waals surface area contributed by atoms with Crippen LogP contribution in [0.5, 0.6) is 11.5 Å². The van der Waals surface area contributed by atoms with Crippen molar-refractivity contribution in [1.82, 2.24) is 14.8 Å². The second-order valence-electron chi connectivity index (χ2n) is 6.72. The van der Waals surface area contributed by atoms with Crippen LogP contribution in [0.15, 0.2) is 48.5 Å². The third-order valence-corrected chi connectivity index (χ3v) is 5.92. The van der Waals surface area contributed by atoms with Gasteiger partial charge in [0.25, 0.3) is 0 Å². The highest BCUT2D eigenvalue weighted by Crippen LogP contribution is 2.23. The number of nitrogens with zero attached hydrogens (tertiary/aromatic N) is 3. The van der Waals surface area contributed by atoms with Gasteiger partial charge in [-0.05, 0) is 36.4 Å². The lowest BCUT2D eigenvalue weighted by atomic mass is 10.3. The third kappa shape index (κ3) is 4.77. The summed E-state index contributed by atoms with van der Waals surface area (Å²) >= 11 is 1.81. The third-order valence-electron chi connectivity index (χ3n) is 4.90. The van der Waals surface area contributed by atoms with Crippen LogP contribution in [0.1, 0.15) is 5.01 Å². The summed E-state index contributed by atoms with van der Waals surface area (Å²) in [5.41, 5.74) is 1.12. The summed E-state index contributed by atoms with van der Waals surface area (Å²) in [5, 5.41) is 1.22. The maximum Gasteiger partial charge on any atom is 0.119 e. The van der Waals surface area contributed by atoms with Crippen LogP contribution in [0, 0.1) is 0 Å². The standard InChI is InChI=1S/C21H25N3O2S/c1-25-17-6-8-18(9-7-17)26-15-14-23-10-12-24(13-11-23)16-21-22-19-4-2-3-5-20(19)27-21/h2-9H,10-16H2,1H3. The van der Waals surface area contributed by atoms with Crippen molar-refractivity contribution < 1.29 is 9.47 Å². The fourth-order valence-electron chi connectivity index (χ4n) is 3.31. The van der Waals surface area contributed by atoms with E-state index in [0.717, 1.165) is 56.3 Å². The molecule has 6 heteroatoms. The van der Waals surface area contributed by atoms with Crippen molar-refractivity contribution in [1.29, 1.82) is 0 Å². The Kier molecular flexibility index (Phi) is 5.87. The predicted molar refractivity (Wildman–Crippen MR) is 110 cm³/mol. The van der Waals surface area contributed by atoms with Crippen LogP contribution in [-0.4, -0.2) is 61.2 Å². The van der Waals surface area contributed by atoms with E-state index in [2.05, 4.69) is 34.1 Å². The average molecular weight is 384 g/mol.